The van der Waals surface area contributed by atoms with Crippen LogP contribution in [0.2, 0.25) is 5.02 Å². The fraction of sp³-hybridized carbons (Fsp3) is 0.154. The molecule has 0 fully saturated rings. The Hall–Kier alpha value is -1.92. The average molecular weight is 311 g/mol. The lowest BCUT2D eigenvalue weighted by molar-refractivity contribution is -0.115. The van der Waals surface area contributed by atoms with Crippen molar-refractivity contribution in [2.24, 2.45) is 0 Å². The number of benzene rings is 1. The van der Waals surface area contributed by atoms with Crippen molar-refractivity contribution in [1.29, 1.82) is 0 Å². The smallest absolute Gasteiger partial charge is 0.335 e. The molecule has 104 valence electrons. The van der Waals surface area contributed by atoms with Crippen LogP contribution in [0.4, 0.5) is 5.69 Å². The number of nitrogens with one attached hydrogen (secondary N) is 1. The van der Waals surface area contributed by atoms with Gasteiger partial charge in [0.1, 0.15) is 0 Å². The van der Waals surface area contributed by atoms with E-state index in [2.05, 4.69) is 10.3 Å². The minimum absolute atomic E-state index is 0.0253. The zero-order valence-electron chi connectivity index (χ0n) is 10.5. The van der Waals surface area contributed by atoms with Gasteiger partial charge < -0.3 is 10.4 Å². The number of hydrogen-bond donors (Lipinski definition) is 2. The van der Waals surface area contributed by atoms with Gasteiger partial charge in [-0.25, -0.2) is 9.78 Å². The molecule has 0 aliphatic carbocycles. The fourth-order valence-electron chi connectivity index (χ4n) is 1.64. The second-order valence-corrected chi connectivity index (χ2v) is 5.62. The molecule has 0 aliphatic heterocycles. The number of hydrogen-bond acceptors (Lipinski definition) is 4. The normalized spacial score (nSPS) is 10.3. The summed E-state index contributed by atoms with van der Waals surface area (Å²) in [5.41, 5.74) is 1.06. The van der Waals surface area contributed by atoms with Crippen LogP contribution in [0.25, 0.3) is 0 Å². The molecule has 20 heavy (non-hydrogen) atoms. The molecule has 1 heterocycles. The number of carboxylic acids is 1. The molecular weight excluding hydrogens is 300 g/mol. The lowest BCUT2D eigenvalue weighted by Crippen LogP contribution is -2.15. The van der Waals surface area contributed by atoms with Gasteiger partial charge in [-0.2, -0.15) is 0 Å². The van der Waals surface area contributed by atoms with Crippen LogP contribution in [0, 0.1) is 6.92 Å². The van der Waals surface area contributed by atoms with Crippen molar-refractivity contribution < 1.29 is 14.7 Å². The number of carbonyl (C=O) groups excluding carboxylic acids is 1. The number of carbonyl (C=O) groups is 2. The van der Waals surface area contributed by atoms with E-state index >= 15 is 0 Å². The Morgan fingerprint density at radius 1 is 1.40 bits per heavy atom. The minimum atomic E-state index is -1.10. The van der Waals surface area contributed by atoms with E-state index < -0.39 is 5.97 Å². The highest BCUT2D eigenvalue weighted by Gasteiger charge is 2.10. The van der Waals surface area contributed by atoms with E-state index in [1.165, 1.54) is 29.5 Å². The maximum Gasteiger partial charge on any atom is 0.335 e. The van der Waals surface area contributed by atoms with Crippen LogP contribution in [0.5, 0.6) is 0 Å². The standard InChI is InChI=1S/C13H11ClN2O3S/c1-7-15-11(6-20-7)5-12(17)16-10-3-8(13(18)19)2-9(14)4-10/h2-4,6H,5H2,1H3,(H,16,17)(H,18,19). The van der Waals surface area contributed by atoms with Crippen LogP contribution in [0.15, 0.2) is 23.6 Å². The molecule has 0 radical (unpaired) electrons. The maximum atomic E-state index is 11.8. The van der Waals surface area contributed by atoms with E-state index in [0.29, 0.717) is 11.4 Å². The SMILES string of the molecule is Cc1nc(CC(=O)Nc2cc(Cl)cc(C(=O)O)c2)cs1. The van der Waals surface area contributed by atoms with Crippen molar-refractivity contribution >= 4 is 40.5 Å². The first-order chi connectivity index (χ1) is 9.44. The molecule has 2 aromatic rings. The van der Waals surface area contributed by atoms with Gasteiger partial charge in [-0.15, -0.1) is 11.3 Å². The molecule has 0 spiro atoms. The third-order valence-electron chi connectivity index (χ3n) is 2.44. The Morgan fingerprint density at radius 2 is 2.15 bits per heavy atom. The van der Waals surface area contributed by atoms with E-state index in [0.717, 1.165) is 5.01 Å². The molecule has 1 aromatic heterocycles. The van der Waals surface area contributed by atoms with Gasteiger partial charge in [-0.05, 0) is 25.1 Å². The van der Waals surface area contributed by atoms with Crippen molar-refractivity contribution in [2.45, 2.75) is 13.3 Å². The predicted octanol–water partition coefficient (Wildman–Crippen LogP) is 2.98. The Bertz CT molecular complexity index is 669. The van der Waals surface area contributed by atoms with E-state index in [4.69, 9.17) is 16.7 Å². The highest BCUT2D eigenvalue weighted by molar-refractivity contribution is 7.09. The minimum Gasteiger partial charge on any atom is -0.478 e. The molecule has 0 atom stereocenters. The zero-order valence-corrected chi connectivity index (χ0v) is 12.1. The fourth-order valence-corrected chi connectivity index (χ4v) is 2.49. The number of anilines is 1. The molecular formula is C13H11ClN2O3S. The van der Waals surface area contributed by atoms with Crippen LogP contribution in [0.3, 0.4) is 0 Å². The molecule has 2 rings (SSSR count). The number of aromatic nitrogens is 1. The summed E-state index contributed by atoms with van der Waals surface area (Å²) in [5, 5.41) is 14.5. The first kappa shape index (κ1) is 14.5. The average Bonchev–Trinajstić information content (AvgIpc) is 2.73. The summed E-state index contributed by atoms with van der Waals surface area (Å²) in [7, 11) is 0. The summed E-state index contributed by atoms with van der Waals surface area (Å²) in [4.78, 5) is 26.9. The monoisotopic (exact) mass is 310 g/mol. The summed E-state index contributed by atoms with van der Waals surface area (Å²) in [6.45, 7) is 1.86. The number of thiazole rings is 1. The summed E-state index contributed by atoms with van der Waals surface area (Å²) >= 11 is 7.29. The van der Waals surface area contributed by atoms with Gasteiger partial charge >= 0.3 is 5.97 Å². The number of carboxylic acid groups (broad SMARTS) is 1. The molecule has 0 unspecified atom stereocenters. The highest BCUT2D eigenvalue weighted by Crippen LogP contribution is 2.19. The first-order valence-electron chi connectivity index (χ1n) is 5.69. The van der Waals surface area contributed by atoms with Crippen molar-refractivity contribution in [3.05, 3.63) is 44.9 Å². The van der Waals surface area contributed by atoms with Crippen LogP contribution in [-0.4, -0.2) is 22.0 Å². The Morgan fingerprint density at radius 3 is 2.75 bits per heavy atom. The lowest BCUT2D eigenvalue weighted by atomic mass is 10.2. The Balaban J connectivity index is 2.09. The summed E-state index contributed by atoms with van der Waals surface area (Å²) in [6, 6.07) is 4.18. The zero-order chi connectivity index (χ0) is 14.7. The van der Waals surface area contributed by atoms with Crippen molar-refractivity contribution in [1.82, 2.24) is 4.98 Å². The lowest BCUT2D eigenvalue weighted by Gasteiger charge is -2.06. The van der Waals surface area contributed by atoms with Crippen LogP contribution >= 0.6 is 22.9 Å². The Kier molecular flexibility index (Phi) is 4.36. The van der Waals surface area contributed by atoms with Crippen LogP contribution < -0.4 is 5.32 Å². The third kappa shape index (κ3) is 3.79. The molecule has 0 saturated heterocycles. The quantitative estimate of drug-likeness (QED) is 0.910. The Labute approximate surface area is 124 Å². The van der Waals surface area contributed by atoms with Crippen molar-refractivity contribution in [3.8, 4) is 0 Å². The molecule has 5 nitrogen and oxygen atoms in total. The van der Waals surface area contributed by atoms with Crippen molar-refractivity contribution in [3.63, 3.8) is 0 Å². The van der Waals surface area contributed by atoms with Crippen LogP contribution in [-0.2, 0) is 11.2 Å². The molecule has 0 aliphatic rings. The summed E-state index contributed by atoms with van der Waals surface area (Å²) in [5.74, 6) is -1.37. The number of nitrogens with zero attached hydrogens (tertiary/aromatic N) is 1. The van der Waals surface area contributed by atoms with E-state index in [-0.39, 0.29) is 22.9 Å². The van der Waals surface area contributed by atoms with Gasteiger partial charge in [0.25, 0.3) is 0 Å². The van der Waals surface area contributed by atoms with Gasteiger partial charge in [-0.3, -0.25) is 4.79 Å². The van der Waals surface area contributed by atoms with Gasteiger partial charge in [0, 0.05) is 16.1 Å². The molecule has 1 aromatic carbocycles. The van der Waals surface area contributed by atoms with E-state index in [1.54, 1.807) is 0 Å². The predicted molar refractivity (Wildman–Crippen MR) is 77.6 cm³/mol. The largest absolute Gasteiger partial charge is 0.478 e. The van der Waals surface area contributed by atoms with Crippen molar-refractivity contribution in [2.75, 3.05) is 5.32 Å². The van der Waals surface area contributed by atoms with E-state index in [1.807, 2.05) is 12.3 Å². The number of aromatic carboxylic acids is 1. The van der Waals surface area contributed by atoms with Gasteiger partial charge in [0.2, 0.25) is 5.91 Å². The molecule has 1 amide bonds. The molecule has 0 bridgehead atoms. The number of halogens is 1. The number of rotatable bonds is 4. The van der Waals surface area contributed by atoms with E-state index in [9.17, 15) is 9.59 Å². The van der Waals surface area contributed by atoms with Gasteiger partial charge in [0.05, 0.1) is 22.7 Å². The number of amides is 1. The summed E-state index contributed by atoms with van der Waals surface area (Å²) < 4.78 is 0. The molecule has 0 saturated carbocycles. The maximum absolute atomic E-state index is 11.8. The first-order valence-corrected chi connectivity index (χ1v) is 6.94. The number of aryl methyl sites for hydroxylation is 1. The second-order valence-electron chi connectivity index (χ2n) is 4.12. The van der Waals surface area contributed by atoms with Crippen LogP contribution in [0.1, 0.15) is 21.1 Å². The summed E-state index contributed by atoms with van der Waals surface area (Å²) in [6.07, 6.45) is 0.138. The van der Waals surface area contributed by atoms with Gasteiger partial charge in [-0.1, -0.05) is 11.6 Å². The highest BCUT2D eigenvalue weighted by atomic mass is 35.5. The molecule has 2 N–H and O–H groups in total. The molecule has 7 heteroatoms. The second kappa shape index (κ2) is 6.02. The third-order valence-corrected chi connectivity index (χ3v) is 3.48. The van der Waals surface area contributed by atoms with Gasteiger partial charge in [0.15, 0.2) is 0 Å². The topological polar surface area (TPSA) is 79.3 Å².